The summed E-state index contributed by atoms with van der Waals surface area (Å²) in [6.45, 7) is 12.1. The van der Waals surface area contributed by atoms with Gasteiger partial charge in [-0.2, -0.15) is 0 Å². The first-order valence-electron chi connectivity index (χ1n) is 6.93. The lowest BCUT2D eigenvalue weighted by molar-refractivity contribution is -0.394. The van der Waals surface area contributed by atoms with Crippen LogP contribution in [0.15, 0.2) is 12.1 Å². The van der Waals surface area contributed by atoms with Gasteiger partial charge < -0.3 is 4.43 Å². The molecule has 0 saturated heterocycles. The van der Waals surface area contributed by atoms with Crippen molar-refractivity contribution in [2.75, 3.05) is 0 Å². The monoisotopic (exact) mass is 326 g/mol. The Hall–Kier alpha value is -1.80. The van der Waals surface area contributed by atoms with Crippen LogP contribution in [0.4, 0.5) is 11.4 Å². The summed E-state index contributed by atoms with van der Waals surface area (Å²) < 4.78 is 6.02. The Bertz CT molecular complexity index is 608. The van der Waals surface area contributed by atoms with Crippen LogP contribution in [0, 0.1) is 27.2 Å². The average molecular weight is 326 g/mol. The van der Waals surface area contributed by atoms with E-state index in [0.717, 1.165) is 6.07 Å². The van der Waals surface area contributed by atoms with Crippen LogP contribution in [0.3, 0.4) is 0 Å². The van der Waals surface area contributed by atoms with E-state index in [1.54, 1.807) is 6.92 Å². The zero-order valence-electron chi connectivity index (χ0n) is 13.8. The first-order chi connectivity index (χ1) is 9.86. The fourth-order valence-corrected chi connectivity index (χ4v) is 2.61. The second-order valence-corrected chi connectivity index (χ2v) is 11.6. The highest BCUT2D eigenvalue weighted by atomic mass is 28.4. The third kappa shape index (κ3) is 3.89. The Morgan fingerprint density at radius 3 is 2.09 bits per heavy atom. The highest BCUT2D eigenvalue weighted by Gasteiger charge is 2.37. The zero-order valence-corrected chi connectivity index (χ0v) is 14.8. The van der Waals surface area contributed by atoms with Gasteiger partial charge in [0.1, 0.15) is 0 Å². The predicted molar refractivity (Wildman–Crippen MR) is 86.5 cm³/mol. The van der Waals surface area contributed by atoms with Crippen molar-refractivity contribution in [2.45, 2.75) is 52.4 Å². The summed E-state index contributed by atoms with van der Waals surface area (Å²) in [5.74, 6) is 0. The van der Waals surface area contributed by atoms with Crippen molar-refractivity contribution >= 4 is 19.7 Å². The van der Waals surface area contributed by atoms with Crippen molar-refractivity contribution in [2.24, 2.45) is 0 Å². The fraction of sp³-hybridized carbons (Fsp3) is 0.571. The largest absolute Gasteiger partial charge is 0.413 e. The number of hydrogen-bond donors (Lipinski definition) is 0. The molecule has 0 N–H and O–H groups in total. The lowest BCUT2D eigenvalue weighted by Gasteiger charge is -2.36. The van der Waals surface area contributed by atoms with Gasteiger partial charge in [-0.05, 0) is 30.6 Å². The Morgan fingerprint density at radius 1 is 1.14 bits per heavy atom. The van der Waals surface area contributed by atoms with Crippen LogP contribution < -0.4 is 0 Å². The molecule has 0 aliphatic heterocycles. The maximum atomic E-state index is 11.1. The summed E-state index contributed by atoms with van der Waals surface area (Å²) in [5.41, 5.74) is 0.370. The molecular formula is C14H22N2O5Si. The normalized spacial score (nSPS) is 12.3. The molecule has 22 heavy (non-hydrogen) atoms. The van der Waals surface area contributed by atoms with Crippen LogP contribution >= 0.6 is 0 Å². The molecule has 0 radical (unpaired) electrons. The van der Waals surface area contributed by atoms with E-state index in [1.165, 1.54) is 6.07 Å². The lowest BCUT2D eigenvalue weighted by atomic mass is 10.1. The van der Waals surface area contributed by atoms with Gasteiger partial charge in [0.2, 0.25) is 0 Å². The van der Waals surface area contributed by atoms with E-state index in [-0.39, 0.29) is 23.0 Å². The zero-order chi connectivity index (χ0) is 17.3. The third-order valence-electron chi connectivity index (χ3n) is 4.27. The molecule has 0 saturated carbocycles. The number of rotatable bonds is 5. The molecule has 0 fully saturated rings. The number of hydrogen-bond acceptors (Lipinski definition) is 5. The van der Waals surface area contributed by atoms with Crippen molar-refractivity contribution in [1.29, 1.82) is 0 Å². The molecule has 0 unspecified atom stereocenters. The quantitative estimate of drug-likeness (QED) is 0.456. The maximum Gasteiger partial charge on any atom is 0.279 e. The van der Waals surface area contributed by atoms with E-state index < -0.39 is 18.2 Å². The highest BCUT2D eigenvalue weighted by Crippen LogP contribution is 2.38. The molecular weight excluding hydrogens is 304 g/mol. The van der Waals surface area contributed by atoms with Gasteiger partial charge in [-0.3, -0.25) is 20.2 Å². The number of nitro groups is 2. The Labute approximate surface area is 130 Å². The second kappa shape index (κ2) is 6.13. The van der Waals surface area contributed by atoms with E-state index in [2.05, 4.69) is 33.9 Å². The molecule has 0 heterocycles. The van der Waals surface area contributed by atoms with E-state index in [9.17, 15) is 20.2 Å². The van der Waals surface area contributed by atoms with Crippen molar-refractivity contribution < 1.29 is 14.3 Å². The average Bonchev–Trinajstić information content (AvgIpc) is 2.35. The first kappa shape index (κ1) is 18.2. The van der Waals surface area contributed by atoms with Gasteiger partial charge in [0.25, 0.3) is 11.4 Å². The van der Waals surface area contributed by atoms with Gasteiger partial charge in [-0.25, -0.2) is 0 Å². The molecule has 0 amide bonds. The topological polar surface area (TPSA) is 95.5 Å². The summed E-state index contributed by atoms with van der Waals surface area (Å²) >= 11 is 0. The molecule has 7 nitrogen and oxygen atoms in total. The highest BCUT2D eigenvalue weighted by molar-refractivity contribution is 6.74. The van der Waals surface area contributed by atoms with Crippen LogP contribution in [0.1, 0.15) is 31.9 Å². The third-order valence-corrected chi connectivity index (χ3v) is 8.75. The molecule has 0 bridgehead atoms. The summed E-state index contributed by atoms with van der Waals surface area (Å²) in [6.07, 6.45) is 0. The molecule has 0 aromatic heterocycles. The van der Waals surface area contributed by atoms with Gasteiger partial charge >= 0.3 is 0 Å². The number of nitrogens with zero attached hydrogens (tertiary/aromatic N) is 2. The molecule has 1 aromatic carbocycles. The van der Waals surface area contributed by atoms with Gasteiger partial charge in [0.05, 0.1) is 22.5 Å². The van der Waals surface area contributed by atoms with Crippen LogP contribution in [-0.2, 0) is 11.0 Å². The van der Waals surface area contributed by atoms with Crippen molar-refractivity contribution in [3.05, 3.63) is 43.5 Å². The summed E-state index contributed by atoms with van der Waals surface area (Å²) in [5, 5.41) is 22.0. The Morgan fingerprint density at radius 2 is 1.68 bits per heavy atom. The molecule has 1 rings (SSSR count). The van der Waals surface area contributed by atoms with E-state index in [1.807, 2.05) is 0 Å². The minimum absolute atomic E-state index is 0.00640. The smallest absolute Gasteiger partial charge is 0.279 e. The minimum atomic E-state index is -2.04. The Balaban J connectivity index is 3.19. The second-order valence-electron chi connectivity index (χ2n) is 6.81. The van der Waals surface area contributed by atoms with E-state index in [4.69, 9.17) is 4.43 Å². The van der Waals surface area contributed by atoms with Gasteiger partial charge in [-0.15, -0.1) is 0 Å². The summed E-state index contributed by atoms with van der Waals surface area (Å²) in [6, 6.07) is 2.35. The first-order valence-corrected chi connectivity index (χ1v) is 9.84. The van der Waals surface area contributed by atoms with Gasteiger partial charge in [0, 0.05) is 11.6 Å². The minimum Gasteiger partial charge on any atom is -0.413 e. The molecule has 0 aliphatic carbocycles. The molecule has 122 valence electrons. The van der Waals surface area contributed by atoms with Crippen molar-refractivity contribution in [3.63, 3.8) is 0 Å². The standard InChI is InChI=1S/C14H22N2O5Si/c1-10-11(9-21-22(5,6)14(2,3)4)7-12(15(17)18)8-13(10)16(19)20/h7-8H,9H2,1-6H3. The molecule has 0 spiro atoms. The predicted octanol–water partition coefficient (Wildman–Crippen LogP) is 4.33. The van der Waals surface area contributed by atoms with Crippen LogP contribution in [0.2, 0.25) is 18.1 Å². The molecule has 8 heteroatoms. The SMILES string of the molecule is Cc1c(CO[Si](C)(C)C(C)(C)C)cc([N+](=O)[O-])cc1[N+](=O)[O-]. The molecule has 0 atom stereocenters. The number of benzene rings is 1. The number of non-ortho nitro benzene ring substituents is 1. The van der Waals surface area contributed by atoms with Gasteiger partial charge in [0.15, 0.2) is 8.32 Å². The van der Waals surface area contributed by atoms with E-state index in [0.29, 0.717) is 11.1 Å². The fourth-order valence-electron chi connectivity index (χ4n) is 1.66. The lowest BCUT2D eigenvalue weighted by Crippen LogP contribution is -2.40. The van der Waals surface area contributed by atoms with E-state index >= 15 is 0 Å². The maximum absolute atomic E-state index is 11.1. The summed E-state index contributed by atoms with van der Waals surface area (Å²) in [7, 11) is -2.04. The molecule has 1 aromatic rings. The van der Waals surface area contributed by atoms with Crippen LogP contribution in [0.25, 0.3) is 0 Å². The summed E-state index contributed by atoms with van der Waals surface area (Å²) in [4.78, 5) is 20.8. The number of nitro benzene ring substituents is 2. The van der Waals surface area contributed by atoms with Gasteiger partial charge in [-0.1, -0.05) is 20.8 Å². The molecule has 0 aliphatic rings. The van der Waals surface area contributed by atoms with Crippen molar-refractivity contribution in [3.8, 4) is 0 Å². The van der Waals surface area contributed by atoms with Crippen molar-refractivity contribution in [1.82, 2.24) is 0 Å². The van der Waals surface area contributed by atoms with Crippen LogP contribution in [-0.4, -0.2) is 18.2 Å². The van der Waals surface area contributed by atoms with Crippen LogP contribution in [0.5, 0.6) is 0 Å². The Kier molecular flexibility index (Phi) is 5.09.